The Bertz CT molecular complexity index is 115. The van der Waals surface area contributed by atoms with Crippen LogP contribution in [0.25, 0.3) is 0 Å². The Balaban J connectivity index is 3.72. The second kappa shape index (κ2) is 5.30. The molecule has 0 spiro atoms. The minimum atomic E-state index is 0.107. The van der Waals surface area contributed by atoms with E-state index in [1.165, 1.54) is 0 Å². The summed E-state index contributed by atoms with van der Waals surface area (Å²) in [5.74, 6) is 0.534. The van der Waals surface area contributed by atoms with Crippen molar-refractivity contribution in [2.45, 2.75) is 33.6 Å². The molecular formula is C9H18O2. The van der Waals surface area contributed by atoms with Crippen molar-refractivity contribution in [1.29, 1.82) is 0 Å². The van der Waals surface area contributed by atoms with Gasteiger partial charge < -0.3 is 5.11 Å². The van der Waals surface area contributed by atoms with Gasteiger partial charge in [-0.2, -0.15) is 0 Å². The van der Waals surface area contributed by atoms with Crippen LogP contribution in [0.1, 0.15) is 33.6 Å². The van der Waals surface area contributed by atoms with Gasteiger partial charge in [0.1, 0.15) is 5.78 Å². The molecule has 1 atom stereocenters. The van der Waals surface area contributed by atoms with Gasteiger partial charge in [-0.3, -0.25) is 4.79 Å². The van der Waals surface area contributed by atoms with Gasteiger partial charge in [-0.1, -0.05) is 27.2 Å². The Kier molecular flexibility index (Phi) is 5.12. The van der Waals surface area contributed by atoms with E-state index in [9.17, 15) is 4.79 Å². The quantitative estimate of drug-likeness (QED) is 0.660. The second-order valence-corrected chi connectivity index (χ2v) is 3.28. The van der Waals surface area contributed by atoms with Crippen LogP contribution in [0.5, 0.6) is 0 Å². The summed E-state index contributed by atoms with van der Waals surface area (Å²) in [5.41, 5.74) is 0. The lowest BCUT2D eigenvalue weighted by atomic mass is 9.95. The number of carbonyl (C=O) groups excluding carboxylic acids is 1. The molecule has 0 unspecified atom stereocenters. The number of hydrogen-bond donors (Lipinski definition) is 1. The van der Waals surface area contributed by atoms with E-state index in [1.54, 1.807) is 0 Å². The van der Waals surface area contributed by atoms with E-state index >= 15 is 0 Å². The van der Waals surface area contributed by atoms with E-state index in [0.717, 1.165) is 6.42 Å². The lowest BCUT2D eigenvalue weighted by Crippen LogP contribution is -2.15. The summed E-state index contributed by atoms with van der Waals surface area (Å²) in [4.78, 5) is 11.2. The van der Waals surface area contributed by atoms with Gasteiger partial charge in [0.05, 0.1) is 0 Å². The SMILES string of the molecule is CC[C@@H](CO)CC(=O)C(C)C. The Morgan fingerprint density at radius 3 is 2.27 bits per heavy atom. The molecule has 0 heterocycles. The molecule has 0 amide bonds. The smallest absolute Gasteiger partial charge is 0.135 e. The third kappa shape index (κ3) is 4.14. The third-order valence-electron chi connectivity index (χ3n) is 1.97. The second-order valence-electron chi connectivity index (χ2n) is 3.28. The number of rotatable bonds is 5. The van der Waals surface area contributed by atoms with Gasteiger partial charge in [-0.15, -0.1) is 0 Å². The summed E-state index contributed by atoms with van der Waals surface area (Å²) in [7, 11) is 0. The Hall–Kier alpha value is -0.370. The fourth-order valence-electron chi connectivity index (χ4n) is 0.858. The number of Topliss-reactive ketones (excluding diaryl/α,β-unsaturated/α-hetero) is 1. The van der Waals surface area contributed by atoms with Gasteiger partial charge in [0.25, 0.3) is 0 Å². The minimum Gasteiger partial charge on any atom is -0.396 e. The zero-order valence-corrected chi connectivity index (χ0v) is 7.63. The first kappa shape index (κ1) is 10.6. The van der Waals surface area contributed by atoms with Gasteiger partial charge in [0.15, 0.2) is 0 Å². The van der Waals surface area contributed by atoms with Crippen molar-refractivity contribution in [2.24, 2.45) is 11.8 Å². The van der Waals surface area contributed by atoms with Crippen LogP contribution in [0.4, 0.5) is 0 Å². The van der Waals surface area contributed by atoms with Crippen molar-refractivity contribution >= 4 is 5.78 Å². The van der Waals surface area contributed by atoms with Gasteiger partial charge in [-0.05, 0) is 5.92 Å². The summed E-state index contributed by atoms with van der Waals surface area (Å²) >= 11 is 0. The van der Waals surface area contributed by atoms with Gasteiger partial charge >= 0.3 is 0 Å². The Morgan fingerprint density at radius 1 is 1.45 bits per heavy atom. The molecular weight excluding hydrogens is 140 g/mol. The zero-order chi connectivity index (χ0) is 8.85. The summed E-state index contributed by atoms with van der Waals surface area (Å²) in [5, 5.41) is 8.80. The average Bonchev–Trinajstić information content (AvgIpc) is 1.99. The average molecular weight is 158 g/mol. The number of aliphatic hydroxyl groups is 1. The summed E-state index contributed by atoms with van der Waals surface area (Å²) in [6, 6.07) is 0. The van der Waals surface area contributed by atoms with Crippen LogP contribution in [0.3, 0.4) is 0 Å². The van der Waals surface area contributed by atoms with Crippen molar-refractivity contribution in [3.05, 3.63) is 0 Å². The minimum absolute atomic E-state index is 0.107. The van der Waals surface area contributed by atoms with E-state index in [4.69, 9.17) is 5.11 Å². The van der Waals surface area contributed by atoms with Crippen LogP contribution >= 0.6 is 0 Å². The van der Waals surface area contributed by atoms with E-state index in [0.29, 0.717) is 6.42 Å². The number of carbonyl (C=O) groups is 1. The first-order valence-corrected chi connectivity index (χ1v) is 4.25. The first-order chi connectivity index (χ1) is 5.11. The highest BCUT2D eigenvalue weighted by atomic mass is 16.3. The Morgan fingerprint density at radius 2 is 2.00 bits per heavy atom. The van der Waals surface area contributed by atoms with Crippen LogP contribution in [-0.4, -0.2) is 17.5 Å². The molecule has 0 radical (unpaired) electrons. The van der Waals surface area contributed by atoms with Crippen LogP contribution in [0.2, 0.25) is 0 Å². The van der Waals surface area contributed by atoms with Crippen molar-refractivity contribution in [3.63, 3.8) is 0 Å². The highest BCUT2D eigenvalue weighted by Crippen LogP contribution is 2.11. The molecule has 0 aliphatic carbocycles. The fourth-order valence-corrected chi connectivity index (χ4v) is 0.858. The fraction of sp³-hybridized carbons (Fsp3) is 0.889. The van der Waals surface area contributed by atoms with Crippen molar-refractivity contribution in [2.75, 3.05) is 6.61 Å². The highest BCUT2D eigenvalue weighted by Gasteiger charge is 2.13. The summed E-state index contributed by atoms with van der Waals surface area (Å²) in [6.07, 6.45) is 1.42. The van der Waals surface area contributed by atoms with Gasteiger partial charge in [0.2, 0.25) is 0 Å². The van der Waals surface area contributed by atoms with Crippen LogP contribution in [0.15, 0.2) is 0 Å². The van der Waals surface area contributed by atoms with E-state index in [-0.39, 0.29) is 24.2 Å². The van der Waals surface area contributed by atoms with E-state index in [1.807, 2.05) is 20.8 Å². The molecule has 0 saturated heterocycles. The van der Waals surface area contributed by atoms with E-state index in [2.05, 4.69) is 0 Å². The Labute approximate surface area is 68.6 Å². The normalized spacial score (nSPS) is 13.5. The molecule has 0 aliphatic heterocycles. The van der Waals surface area contributed by atoms with Crippen LogP contribution < -0.4 is 0 Å². The lowest BCUT2D eigenvalue weighted by molar-refractivity contribution is -0.123. The molecule has 0 aromatic heterocycles. The number of aliphatic hydroxyl groups excluding tert-OH is 1. The van der Waals surface area contributed by atoms with Gasteiger partial charge in [0, 0.05) is 18.9 Å². The van der Waals surface area contributed by atoms with Crippen LogP contribution in [0, 0.1) is 11.8 Å². The summed E-state index contributed by atoms with van der Waals surface area (Å²) in [6.45, 7) is 5.92. The maximum absolute atomic E-state index is 11.2. The molecule has 66 valence electrons. The number of hydrogen-bond acceptors (Lipinski definition) is 2. The first-order valence-electron chi connectivity index (χ1n) is 4.25. The van der Waals surface area contributed by atoms with Crippen LogP contribution in [-0.2, 0) is 4.79 Å². The predicted molar refractivity (Wildman–Crippen MR) is 45.3 cm³/mol. The largest absolute Gasteiger partial charge is 0.396 e. The van der Waals surface area contributed by atoms with Crippen molar-refractivity contribution in [3.8, 4) is 0 Å². The standard InChI is InChI=1S/C9H18O2/c1-4-8(6-10)5-9(11)7(2)3/h7-8,10H,4-6H2,1-3H3/t8-/m1/s1. The summed E-state index contributed by atoms with van der Waals surface area (Å²) < 4.78 is 0. The number of ketones is 1. The molecule has 2 nitrogen and oxygen atoms in total. The topological polar surface area (TPSA) is 37.3 Å². The molecule has 0 aliphatic rings. The molecule has 2 heteroatoms. The van der Waals surface area contributed by atoms with Crippen molar-refractivity contribution in [1.82, 2.24) is 0 Å². The monoisotopic (exact) mass is 158 g/mol. The third-order valence-corrected chi connectivity index (χ3v) is 1.97. The lowest BCUT2D eigenvalue weighted by Gasteiger charge is -2.11. The molecule has 0 saturated carbocycles. The maximum atomic E-state index is 11.2. The molecule has 0 aromatic carbocycles. The highest BCUT2D eigenvalue weighted by molar-refractivity contribution is 5.80. The van der Waals surface area contributed by atoms with Gasteiger partial charge in [-0.25, -0.2) is 0 Å². The molecule has 0 fully saturated rings. The molecule has 0 aromatic rings. The predicted octanol–water partition coefficient (Wildman–Crippen LogP) is 1.62. The maximum Gasteiger partial charge on any atom is 0.135 e. The molecule has 0 rings (SSSR count). The molecule has 11 heavy (non-hydrogen) atoms. The molecule has 1 N–H and O–H groups in total. The zero-order valence-electron chi connectivity index (χ0n) is 7.63. The van der Waals surface area contributed by atoms with Crippen molar-refractivity contribution < 1.29 is 9.90 Å². The molecule has 0 bridgehead atoms. The van der Waals surface area contributed by atoms with E-state index < -0.39 is 0 Å².